The van der Waals surface area contributed by atoms with Crippen LogP contribution in [0.3, 0.4) is 0 Å². The van der Waals surface area contributed by atoms with Crippen molar-refractivity contribution >= 4 is 29.1 Å². The molecule has 0 aliphatic heterocycles. The van der Waals surface area contributed by atoms with Crippen LogP contribution < -0.4 is 10.6 Å². The van der Waals surface area contributed by atoms with Crippen LogP contribution in [0.2, 0.25) is 5.02 Å². The van der Waals surface area contributed by atoms with Crippen LogP contribution in [0, 0.1) is 0 Å². The van der Waals surface area contributed by atoms with Crippen molar-refractivity contribution in [3.63, 3.8) is 0 Å². The number of carbonyl (C=O) groups is 2. The zero-order chi connectivity index (χ0) is 22.2. The third kappa shape index (κ3) is 4.24. The van der Waals surface area contributed by atoms with Crippen LogP contribution >= 0.6 is 11.6 Å². The second-order valence-electron chi connectivity index (χ2n) is 6.99. The number of rotatable bonds is 5. The summed E-state index contributed by atoms with van der Waals surface area (Å²) < 4.78 is 40.5. The van der Waals surface area contributed by atoms with Gasteiger partial charge in [-0.1, -0.05) is 29.8 Å². The van der Waals surface area contributed by atoms with Crippen molar-refractivity contribution in [3.8, 4) is 5.82 Å². The second-order valence-corrected chi connectivity index (χ2v) is 7.40. The molecule has 2 amide bonds. The number of carbonyl (C=O) groups excluding carboxylic acids is 2. The number of pyridine rings is 1. The number of halogens is 4. The third-order valence-corrected chi connectivity index (χ3v) is 5.04. The molecule has 1 aliphatic rings. The van der Waals surface area contributed by atoms with E-state index in [0.717, 1.165) is 4.68 Å². The molecule has 31 heavy (non-hydrogen) atoms. The highest BCUT2D eigenvalue weighted by Gasteiger charge is 2.52. The summed E-state index contributed by atoms with van der Waals surface area (Å²) in [5, 5.41) is 8.74. The standard InChI is InChI=1S/C20H15ClF3N5O2/c21-13-7-4-10-25-16(13)29-14(11-15(28-29)20(22,23)24)17(30)27-19(8-9-19)18(31)26-12-5-2-1-3-6-12/h1-7,10-11H,8-9H2,(H,26,31)(H,27,30). The Morgan fingerprint density at radius 1 is 1.10 bits per heavy atom. The maximum Gasteiger partial charge on any atom is 0.435 e. The number of nitrogens with zero attached hydrogens (tertiary/aromatic N) is 3. The molecular formula is C20H15ClF3N5O2. The van der Waals surface area contributed by atoms with Crippen LogP contribution in [0.1, 0.15) is 29.0 Å². The van der Waals surface area contributed by atoms with Crippen LogP contribution in [-0.2, 0) is 11.0 Å². The zero-order valence-corrected chi connectivity index (χ0v) is 16.5. The normalized spacial score (nSPS) is 14.7. The number of nitrogens with one attached hydrogen (secondary N) is 2. The Labute approximate surface area is 179 Å². The van der Waals surface area contributed by atoms with Gasteiger partial charge < -0.3 is 10.6 Å². The van der Waals surface area contributed by atoms with Gasteiger partial charge in [-0.25, -0.2) is 9.67 Å². The minimum Gasteiger partial charge on any atom is -0.336 e. The SMILES string of the molecule is O=C(NC1(C(=O)Nc2ccccc2)CC1)c1cc(C(F)(F)F)nn1-c1ncccc1Cl. The highest BCUT2D eigenvalue weighted by Crippen LogP contribution is 2.37. The molecule has 1 saturated carbocycles. The van der Waals surface area contributed by atoms with Gasteiger partial charge in [0.15, 0.2) is 11.5 Å². The van der Waals surface area contributed by atoms with E-state index >= 15 is 0 Å². The first-order valence-electron chi connectivity index (χ1n) is 9.17. The lowest BCUT2D eigenvalue weighted by atomic mass is 10.2. The first-order valence-corrected chi connectivity index (χ1v) is 9.55. The van der Waals surface area contributed by atoms with Crippen LogP contribution in [0.4, 0.5) is 18.9 Å². The predicted molar refractivity (Wildman–Crippen MR) is 106 cm³/mol. The van der Waals surface area contributed by atoms with E-state index in [1.165, 1.54) is 18.3 Å². The molecule has 160 valence electrons. The van der Waals surface area contributed by atoms with Crippen molar-refractivity contribution in [2.45, 2.75) is 24.6 Å². The molecule has 1 aliphatic carbocycles. The van der Waals surface area contributed by atoms with E-state index in [1.807, 2.05) is 0 Å². The molecule has 4 rings (SSSR count). The lowest BCUT2D eigenvalue weighted by molar-refractivity contribution is -0.141. The number of hydrogen-bond acceptors (Lipinski definition) is 4. The quantitative estimate of drug-likeness (QED) is 0.619. The van der Waals surface area contributed by atoms with Gasteiger partial charge in [0, 0.05) is 18.0 Å². The first-order chi connectivity index (χ1) is 14.7. The molecule has 0 unspecified atom stereocenters. The number of hydrogen-bond donors (Lipinski definition) is 2. The molecule has 11 heteroatoms. The van der Waals surface area contributed by atoms with E-state index in [-0.39, 0.29) is 10.8 Å². The largest absolute Gasteiger partial charge is 0.435 e. The number of alkyl halides is 3. The molecule has 3 aromatic rings. The van der Waals surface area contributed by atoms with Crippen molar-refractivity contribution in [1.82, 2.24) is 20.1 Å². The number of amides is 2. The number of aromatic nitrogens is 3. The van der Waals surface area contributed by atoms with E-state index in [9.17, 15) is 22.8 Å². The van der Waals surface area contributed by atoms with Gasteiger partial charge >= 0.3 is 6.18 Å². The molecule has 0 spiro atoms. The molecule has 7 nitrogen and oxygen atoms in total. The average Bonchev–Trinajstić information content (AvgIpc) is 3.36. The van der Waals surface area contributed by atoms with Gasteiger partial charge in [0.1, 0.15) is 11.2 Å². The summed E-state index contributed by atoms with van der Waals surface area (Å²) in [6.07, 6.45) is -2.78. The van der Waals surface area contributed by atoms with Gasteiger partial charge in [0.2, 0.25) is 5.91 Å². The Kier molecular flexibility index (Phi) is 5.18. The molecule has 2 heterocycles. The highest BCUT2D eigenvalue weighted by atomic mass is 35.5. The monoisotopic (exact) mass is 449 g/mol. The molecule has 1 fully saturated rings. The van der Waals surface area contributed by atoms with E-state index < -0.39 is 34.9 Å². The second kappa shape index (κ2) is 7.69. The summed E-state index contributed by atoms with van der Waals surface area (Å²) in [6, 6.07) is 12.1. The van der Waals surface area contributed by atoms with Crippen LogP contribution in [0.25, 0.3) is 5.82 Å². The average molecular weight is 450 g/mol. The lowest BCUT2D eigenvalue weighted by Gasteiger charge is -2.17. The predicted octanol–water partition coefficient (Wildman–Crippen LogP) is 3.84. The van der Waals surface area contributed by atoms with Gasteiger partial charge in [0.25, 0.3) is 5.91 Å². The molecule has 2 aromatic heterocycles. The number of para-hydroxylation sites is 1. The Balaban J connectivity index is 1.63. The molecule has 1 aromatic carbocycles. The first kappa shape index (κ1) is 20.9. The fourth-order valence-electron chi connectivity index (χ4n) is 2.96. The summed E-state index contributed by atoms with van der Waals surface area (Å²) in [7, 11) is 0. The smallest absolute Gasteiger partial charge is 0.336 e. The fourth-order valence-corrected chi connectivity index (χ4v) is 3.17. The van der Waals surface area contributed by atoms with Crippen molar-refractivity contribution in [2.24, 2.45) is 0 Å². The molecule has 0 atom stereocenters. The third-order valence-electron chi connectivity index (χ3n) is 4.74. The minimum atomic E-state index is -4.79. The van der Waals surface area contributed by atoms with Gasteiger partial charge in [-0.15, -0.1) is 0 Å². The Bertz CT molecular complexity index is 1140. The van der Waals surface area contributed by atoms with E-state index in [4.69, 9.17) is 11.6 Å². The summed E-state index contributed by atoms with van der Waals surface area (Å²) >= 11 is 6.04. The summed E-state index contributed by atoms with van der Waals surface area (Å²) in [6.45, 7) is 0. The topological polar surface area (TPSA) is 88.9 Å². The summed E-state index contributed by atoms with van der Waals surface area (Å²) in [4.78, 5) is 29.5. The zero-order valence-electron chi connectivity index (χ0n) is 15.8. The van der Waals surface area contributed by atoms with Gasteiger partial charge in [0.05, 0.1) is 5.02 Å². The number of benzene rings is 1. The Hall–Kier alpha value is -3.40. The minimum absolute atomic E-state index is 0.0105. The van der Waals surface area contributed by atoms with Crippen molar-refractivity contribution < 1.29 is 22.8 Å². The van der Waals surface area contributed by atoms with Crippen LogP contribution in [0.5, 0.6) is 0 Å². The molecule has 0 bridgehead atoms. The highest BCUT2D eigenvalue weighted by molar-refractivity contribution is 6.32. The molecule has 2 N–H and O–H groups in total. The fraction of sp³-hybridized carbons (Fsp3) is 0.200. The van der Waals surface area contributed by atoms with Crippen LogP contribution in [0.15, 0.2) is 54.7 Å². The summed E-state index contributed by atoms with van der Waals surface area (Å²) in [5.41, 5.74) is -2.39. The molecule has 0 saturated heterocycles. The van der Waals surface area contributed by atoms with Gasteiger partial charge in [-0.3, -0.25) is 9.59 Å². The van der Waals surface area contributed by atoms with E-state index in [0.29, 0.717) is 24.6 Å². The lowest BCUT2D eigenvalue weighted by Crippen LogP contribution is -2.46. The summed E-state index contributed by atoms with van der Waals surface area (Å²) in [5.74, 6) is -1.49. The van der Waals surface area contributed by atoms with Crippen molar-refractivity contribution in [1.29, 1.82) is 0 Å². The number of anilines is 1. The maximum atomic E-state index is 13.3. The van der Waals surface area contributed by atoms with Crippen molar-refractivity contribution in [3.05, 3.63) is 71.1 Å². The van der Waals surface area contributed by atoms with Gasteiger partial charge in [-0.2, -0.15) is 18.3 Å². The van der Waals surface area contributed by atoms with Crippen LogP contribution in [-0.4, -0.2) is 32.1 Å². The Morgan fingerprint density at radius 2 is 1.81 bits per heavy atom. The van der Waals surface area contributed by atoms with Crippen molar-refractivity contribution in [2.75, 3.05) is 5.32 Å². The Morgan fingerprint density at radius 3 is 2.42 bits per heavy atom. The van der Waals surface area contributed by atoms with E-state index in [2.05, 4.69) is 20.7 Å². The van der Waals surface area contributed by atoms with E-state index in [1.54, 1.807) is 30.3 Å². The van der Waals surface area contributed by atoms with Gasteiger partial charge in [-0.05, 0) is 37.1 Å². The molecule has 0 radical (unpaired) electrons. The molecular weight excluding hydrogens is 435 g/mol. The maximum absolute atomic E-state index is 13.3.